The summed E-state index contributed by atoms with van der Waals surface area (Å²) >= 11 is 0. The average Bonchev–Trinajstić information content (AvgIpc) is 2.69. The highest BCUT2D eigenvalue weighted by molar-refractivity contribution is 5.95. The number of rotatable bonds is 4. The summed E-state index contributed by atoms with van der Waals surface area (Å²) in [6.45, 7) is 2.39. The van der Waals surface area contributed by atoms with Crippen LogP contribution in [0.15, 0.2) is 88.1 Å². The highest BCUT2D eigenvalue weighted by Crippen LogP contribution is 2.33. The molecule has 128 valence electrons. The second-order valence-electron chi connectivity index (χ2n) is 6.18. The molecule has 0 aliphatic heterocycles. The van der Waals surface area contributed by atoms with Gasteiger partial charge in [0.25, 0.3) is 0 Å². The molecule has 1 heterocycles. The first-order valence-electron chi connectivity index (χ1n) is 8.52. The molecule has 0 atom stereocenters. The Balaban J connectivity index is 1.77. The molecule has 0 N–H and O–H groups in total. The molecule has 0 amide bonds. The van der Waals surface area contributed by atoms with Gasteiger partial charge in [-0.3, -0.25) is 0 Å². The third kappa shape index (κ3) is 3.11. The minimum atomic E-state index is -0.361. The van der Waals surface area contributed by atoms with E-state index in [9.17, 15) is 4.79 Å². The molecule has 26 heavy (non-hydrogen) atoms. The van der Waals surface area contributed by atoms with Crippen LogP contribution in [-0.4, -0.2) is 0 Å². The van der Waals surface area contributed by atoms with E-state index in [2.05, 4.69) is 0 Å². The zero-order valence-electron chi connectivity index (χ0n) is 14.4. The van der Waals surface area contributed by atoms with E-state index in [1.165, 1.54) is 0 Å². The summed E-state index contributed by atoms with van der Waals surface area (Å²) in [6.07, 6.45) is 0. The van der Waals surface area contributed by atoms with Crippen LogP contribution in [0.25, 0.3) is 22.1 Å². The van der Waals surface area contributed by atoms with Crippen LogP contribution in [0.5, 0.6) is 5.75 Å². The molecule has 0 saturated heterocycles. The SMILES string of the molecule is Cc1c(OCc2ccccc2)ccc2c(-c3ccccc3)cc(=O)oc12. The van der Waals surface area contributed by atoms with Crippen molar-refractivity contribution in [3.63, 3.8) is 0 Å². The van der Waals surface area contributed by atoms with Crippen molar-refractivity contribution in [2.45, 2.75) is 13.5 Å². The van der Waals surface area contributed by atoms with Crippen molar-refractivity contribution in [1.82, 2.24) is 0 Å². The summed E-state index contributed by atoms with van der Waals surface area (Å²) in [5.74, 6) is 0.717. The second-order valence-corrected chi connectivity index (χ2v) is 6.18. The lowest BCUT2D eigenvalue weighted by atomic mass is 10.0. The molecule has 0 radical (unpaired) electrons. The number of hydrogen-bond acceptors (Lipinski definition) is 3. The van der Waals surface area contributed by atoms with Gasteiger partial charge in [-0.2, -0.15) is 0 Å². The summed E-state index contributed by atoms with van der Waals surface area (Å²) < 4.78 is 11.5. The van der Waals surface area contributed by atoms with E-state index < -0.39 is 0 Å². The fourth-order valence-electron chi connectivity index (χ4n) is 3.09. The van der Waals surface area contributed by atoms with Crippen LogP contribution < -0.4 is 10.4 Å². The van der Waals surface area contributed by atoms with E-state index in [-0.39, 0.29) is 5.63 Å². The van der Waals surface area contributed by atoms with Gasteiger partial charge in [0.05, 0.1) is 0 Å². The van der Waals surface area contributed by atoms with Crippen LogP contribution in [0, 0.1) is 6.92 Å². The van der Waals surface area contributed by atoms with Crippen molar-refractivity contribution in [2.24, 2.45) is 0 Å². The number of fused-ring (bicyclic) bond motifs is 1. The highest BCUT2D eigenvalue weighted by Gasteiger charge is 2.13. The molecule has 4 aromatic rings. The maximum atomic E-state index is 12.1. The number of benzene rings is 3. The van der Waals surface area contributed by atoms with Crippen molar-refractivity contribution >= 4 is 11.0 Å². The monoisotopic (exact) mass is 342 g/mol. The highest BCUT2D eigenvalue weighted by atomic mass is 16.5. The molecule has 0 saturated carbocycles. The van der Waals surface area contributed by atoms with Gasteiger partial charge in [0.2, 0.25) is 0 Å². The number of hydrogen-bond donors (Lipinski definition) is 0. The van der Waals surface area contributed by atoms with Gasteiger partial charge in [-0.1, -0.05) is 60.7 Å². The van der Waals surface area contributed by atoms with Gasteiger partial charge in [-0.15, -0.1) is 0 Å². The van der Waals surface area contributed by atoms with Crippen molar-refractivity contribution in [1.29, 1.82) is 0 Å². The zero-order chi connectivity index (χ0) is 17.9. The van der Waals surface area contributed by atoms with Crippen molar-refractivity contribution in [3.05, 3.63) is 100 Å². The summed E-state index contributed by atoms with van der Waals surface area (Å²) in [5, 5.41) is 0.903. The fourth-order valence-corrected chi connectivity index (χ4v) is 3.09. The molecule has 3 heteroatoms. The van der Waals surface area contributed by atoms with E-state index in [1.807, 2.05) is 79.7 Å². The molecule has 0 spiro atoms. The van der Waals surface area contributed by atoms with E-state index in [4.69, 9.17) is 9.15 Å². The summed E-state index contributed by atoms with van der Waals surface area (Å²) in [5.41, 5.74) is 3.98. The fraction of sp³-hybridized carbons (Fsp3) is 0.0870. The first kappa shape index (κ1) is 16.2. The molecular formula is C23H18O3. The maximum Gasteiger partial charge on any atom is 0.336 e. The zero-order valence-corrected chi connectivity index (χ0v) is 14.4. The van der Waals surface area contributed by atoms with Crippen LogP contribution in [-0.2, 0) is 6.61 Å². The van der Waals surface area contributed by atoms with Gasteiger partial charge >= 0.3 is 5.63 Å². The van der Waals surface area contributed by atoms with Gasteiger partial charge in [-0.05, 0) is 35.7 Å². The molecule has 0 aliphatic rings. The summed E-state index contributed by atoms with van der Waals surface area (Å²) in [6, 6.07) is 25.3. The number of aryl methyl sites for hydroxylation is 1. The largest absolute Gasteiger partial charge is 0.488 e. The minimum absolute atomic E-state index is 0.361. The van der Waals surface area contributed by atoms with Crippen LogP contribution >= 0.6 is 0 Å². The predicted molar refractivity (Wildman–Crippen MR) is 103 cm³/mol. The quantitative estimate of drug-likeness (QED) is 0.470. The Bertz CT molecular complexity index is 1100. The van der Waals surface area contributed by atoms with Crippen molar-refractivity contribution in [2.75, 3.05) is 0 Å². The van der Waals surface area contributed by atoms with Crippen LogP contribution in [0.4, 0.5) is 0 Å². The molecule has 0 unspecified atom stereocenters. The molecule has 0 aliphatic carbocycles. The van der Waals surface area contributed by atoms with E-state index in [0.29, 0.717) is 12.2 Å². The lowest BCUT2D eigenvalue weighted by molar-refractivity contribution is 0.304. The van der Waals surface area contributed by atoms with Gasteiger partial charge in [0.15, 0.2) is 0 Å². The van der Waals surface area contributed by atoms with E-state index in [1.54, 1.807) is 6.07 Å². The lowest BCUT2D eigenvalue weighted by Crippen LogP contribution is -2.01. The summed E-state index contributed by atoms with van der Waals surface area (Å²) in [4.78, 5) is 12.1. The van der Waals surface area contributed by atoms with Crippen LogP contribution in [0.3, 0.4) is 0 Å². The Labute approximate surface area is 151 Å². The molecule has 1 aromatic heterocycles. The Morgan fingerprint density at radius 3 is 2.31 bits per heavy atom. The Morgan fingerprint density at radius 1 is 0.885 bits per heavy atom. The second kappa shape index (κ2) is 6.89. The molecule has 3 aromatic carbocycles. The summed E-state index contributed by atoms with van der Waals surface area (Å²) in [7, 11) is 0. The lowest BCUT2D eigenvalue weighted by Gasteiger charge is -2.12. The topological polar surface area (TPSA) is 39.4 Å². The number of ether oxygens (including phenoxy) is 1. The standard InChI is InChI=1S/C23H18O3/c1-16-21(25-15-17-8-4-2-5-9-17)13-12-19-20(14-22(24)26-23(16)19)18-10-6-3-7-11-18/h2-14H,15H2,1H3. The van der Waals surface area contributed by atoms with E-state index in [0.717, 1.165) is 33.4 Å². The van der Waals surface area contributed by atoms with Gasteiger partial charge in [0, 0.05) is 17.0 Å². The third-order valence-electron chi connectivity index (χ3n) is 4.43. The van der Waals surface area contributed by atoms with Crippen LogP contribution in [0.1, 0.15) is 11.1 Å². The maximum absolute atomic E-state index is 12.1. The van der Waals surface area contributed by atoms with Gasteiger partial charge in [-0.25, -0.2) is 4.79 Å². The Hall–Kier alpha value is -3.33. The van der Waals surface area contributed by atoms with Gasteiger partial charge < -0.3 is 9.15 Å². The van der Waals surface area contributed by atoms with Crippen molar-refractivity contribution in [3.8, 4) is 16.9 Å². The third-order valence-corrected chi connectivity index (χ3v) is 4.43. The molecule has 0 bridgehead atoms. The molecule has 3 nitrogen and oxygen atoms in total. The Kier molecular flexibility index (Phi) is 4.28. The smallest absolute Gasteiger partial charge is 0.336 e. The van der Waals surface area contributed by atoms with Crippen LogP contribution in [0.2, 0.25) is 0 Å². The first-order chi connectivity index (χ1) is 12.7. The predicted octanol–water partition coefficient (Wildman–Crippen LogP) is 5.35. The first-order valence-corrected chi connectivity index (χ1v) is 8.52. The normalized spacial score (nSPS) is 10.8. The molecule has 4 rings (SSSR count). The van der Waals surface area contributed by atoms with E-state index >= 15 is 0 Å². The molecule has 0 fully saturated rings. The average molecular weight is 342 g/mol. The molecular weight excluding hydrogens is 324 g/mol. The minimum Gasteiger partial charge on any atom is -0.488 e. The Morgan fingerprint density at radius 2 is 1.58 bits per heavy atom. The van der Waals surface area contributed by atoms with Gasteiger partial charge in [0.1, 0.15) is 17.9 Å². The van der Waals surface area contributed by atoms with Crippen molar-refractivity contribution < 1.29 is 9.15 Å².